The Morgan fingerprint density at radius 1 is 1.07 bits per heavy atom. The SMILES string of the molecule is CCCCOc1ccc(C(=O)N2CCN(Cc3ccncc3)CC2)cc1OC. The lowest BCUT2D eigenvalue weighted by Gasteiger charge is -2.34. The largest absolute Gasteiger partial charge is 0.493 e. The number of carbonyl (C=O) groups is 1. The number of amides is 1. The van der Waals surface area contributed by atoms with E-state index < -0.39 is 0 Å². The van der Waals surface area contributed by atoms with Crippen molar-refractivity contribution in [1.82, 2.24) is 14.8 Å². The lowest BCUT2D eigenvalue weighted by atomic mass is 10.1. The Bertz CT molecular complexity index is 759. The maximum atomic E-state index is 12.9. The zero-order valence-electron chi connectivity index (χ0n) is 16.8. The Balaban J connectivity index is 1.57. The van der Waals surface area contributed by atoms with E-state index in [-0.39, 0.29) is 5.91 Å². The van der Waals surface area contributed by atoms with Gasteiger partial charge in [-0.1, -0.05) is 13.3 Å². The minimum absolute atomic E-state index is 0.0435. The number of ether oxygens (including phenoxy) is 2. The van der Waals surface area contributed by atoms with Crippen molar-refractivity contribution in [2.24, 2.45) is 0 Å². The Kier molecular flexibility index (Phi) is 7.25. The summed E-state index contributed by atoms with van der Waals surface area (Å²) in [6.45, 7) is 6.84. The minimum Gasteiger partial charge on any atom is -0.493 e. The molecule has 28 heavy (non-hydrogen) atoms. The van der Waals surface area contributed by atoms with Gasteiger partial charge in [-0.25, -0.2) is 0 Å². The maximum Gasteiger partial charge on any atom is 0.254 e. The number of methoxy groups -OCH3 is 1. The summed E-state index contributed by atoms with van der Waals surface area (Å²) < 4.78 is 11.2. The van der Waals surface area contributed by atoms with E-state index in [1.165, 1.54) is 5.56 Å². The number of rotatable bonds is 8. The first kappa shape index (κ1) is 20.1. The van der Waals surface area contributed by atoms with E-state index in [1.54, 1.807) is 13.2 Å². The second kappa shape index (κ2) is 10.1. The highest BCUT2D eigenvalue weighted by Gasteiger charge is 2.23. The van der Waals surface area contributed by atoms with E-state index in [1.807, 2.05) is 41.6 Å². The third-order valence-corrected chi connectivity index (χ3v) is 4.98. The van der Waals surface area contributed by atoms with Crippen LogP contribution in [0.2, 0.25) is 0 Å². The fraction of sp³-hybridized carbons (Fsp3) is 0.455. The van der Waals surface area contributed by atoms with Gasteiger partial charge in [0.2, 0.25) is 0 Å². The maximum absolute atomic E-state index is 12.9. The Morgan fingerprint density at radius 2 is 1.82 bits per heavy atom. The van der Waals surface area contributed by atoms with E-state index in [0.29, 0.717) is 23.7 Å². The Labute approximate surface area is 167 Å². The van der Waals surface area contributed by atoms with Crippen molar-refractivity contribution >= 4 is 5.91 Å². The van der Waals surface area contributed by atoms with Gasteiger partial charge in [-0.3, -0.25) is 14.7 Å². The van der Waals surface area contributed by atoms with Gasteiger partial charge in [-0.05, 0) is 42.3 Å². The van der Waals surface area contributed by atoms with Crippen LogP contribution >= 0.6 is 0 Å². The van der Waals surface area contributed by atoms with Crippen LogP contribution in [0.4, 0.5) is 0 Å². The van der Waals surface area contributed by atoms with Gasteiger partial charge in [-0.15, -0.1) is 0 Å². The van der Waals surface area contributed by atoms with E-state index >= 15 is 0 Å². The zero-order chi connectivity index (χ0) is 19.8. The minimum atomic E-state index is 0.0435. The fourth-order valence-electron chi connectivity index (χ4n) is 3.28. The molecule has 1 amide bonds. The molecule has 0 N–H and O–H groups in total. The molecule has 1 aliphatic rings. The van der Waals surface area contributed by atoms with Crippen molar-refractivity contribution in [3.63, 3.8) is 0 Å². The number of pyridine rings is 1. The zero-order valence-corrected chi connectivity index (χ0v) is 16.8. The third-order valence-electron chi connectivity index (χ3n) is 4.98. The van der Waals surface area contributed by atoms with Gasteiger partial charge in [0.25, 0.3) is 5.91 Å². The molecule has 1 fully saturated rings. The highest BCUT2D eigenvalue weighted by molar-refractivity contribution is 5.95. The van der Waals surface area contributed by atoms with Crippen molar-refractivity contribution in [3.8, 4) is 11.5 Å². The van der Waals surface area contributed by atoms with E-state index in [0.717, 1.165) is 45.6 Å². The molecule has 0 bridgehead atoms. The molecule has 0 unspecified atom stereocenters. The molecule has 1 aromatic heterocycles. The first-order chi connectivity index (χ1) is 13.7. The summed E-state index contributed by atoms with van der Waals surface area (Å²) in [6.07, 6.45) is 5.70. The summed E-state index contributed by atoms with van der Waals surface area (Å²) in [5.74, 6) is 1.34. The molecule has 1 aromatic carbocycles. The molecule has 2 aromatic rings. The van der Waals surface area contributed by atoms with Crippen molar-refractivity contribution in [2.45, 2.75) is 26.3 Å². The van der Waals surface area contributed by atoms with Crippen molar-refractivity contribution in [2.75, 3.05) is 39.9 Å². The topological polar surface area (TPSA) is 54.9 Å². The number of hydrogen-bond donors (Lipinski definition) is 0. The van der Waals surface area contributed by atoms with Gasteiger partial charge in [0.1, 0.15) is 0 Å². The standard InChI is InChI=1S/C22H29N3O3/c1-3-4-15-28-20-6-5-19(16-21(20)27-2)22(26)25-13-11-24(12-14-25)17-18-7-9-23-10-8-18/h5-10,16H,3-4,11-15,17H2,1-2H3. The van der Waals surface area contributed by atoms with Crippen LogP contribution in [0.5, 0.6) is 11.5 Å². The second-order valence-corrected chi connectivity index (χ2v) is 6.99. The number of benzene rings is 1. The van der Waals surface area contributed by atoms with Gasteiger partial charge in [0.15, 0.2) is 11.5 Å². The molecule has 0 radical (unpaired) electrons. The number of hydrogen-bond acceptors (Lipinski definition) is 5. The van der Waals surface area contributed by atoms with E-state index in [9.17, 15) is 4.79 Å². The average Bonchev–Trinajstić information content (AvgIpc) is 2.75. The molecule has 150 valence electrons. The first-order valence-corrected chi connectivity index (χ1v) is 9.92. The first-order valence-electron chi connectivity index (χ1n) is 9.92. The number of piperazine rings is 1. The quantitative estimate of drug-likeness (QED) is 0.655. The van der Waals surface area contributed by atoms with Crippen LogP contribution in [-0.4, -0.2) is 60.6 Å². The number of aromatic nitrogens is 1. The van der Waals surface area contributed by atoms with Gasteiger partial charge in [0, 0.05) is 50.7 Å². The lowest BCUT2D eigenvalue weighted by molar-refractivity contribution is 0.0628. The van der Waals surface area contributed by atoms with Gasteiger partial charge in [-0.2, -0.15) is 0 Å². The molecule has 0 atom stereocenters. The summed E-state index contributed by atoms with van der Waals surface area (Å²) in [5, 5.41) is 0. The number of nitrogens with zero attached hydrogens (tertiary/aromatic N) is 3. The summed E-state index contributed by atoms with van der Waals surface area (Å²) in [4.78, 5) is 21.2. The molecule has 6 heteroatoms. The molecule has 0 saturated carbocycles. The molecule has 0 aliphatic carbocycles. The van der Waals surface area contributed by atoms with E-state index in [4.69, 9.17) is 9.47 Å². The molecule has 3 rings (SSSR count). The molecule has 6 nitrogen and oxygen atoms in total. The van der Waals surface area contributed by atoms with Crippen LogP contribution in [0.25, 0.3) is 0 Å². The molecular weight excluding hydrogens is 354 g/mol. The van der Waals surface area contributed by atoms with Crippen molar-refractivity contribution in [3.05, 3.63) is 53.9 Å². The normalized spacial score (nSPS) is 14.7. The van der Waals surface area contributed by atoms with Crippen LogP contribution in [0.1, 0.15) is 35.7 Å². The predicted molar refractivity (Wildman–Crippen MR) is 109 cm³/mol. The summed E-state index contributed by atoms with van der Waals surface area (Å²) in [5.41, 5.74) is 1.89. The van der Waals surface area contributed by atoms with Crippen LogP contribution in [0.3, 0.4) is 0 Å². The van der Waals surface area contributed by atoms with Crippen LogP contribution in [0.15, 0.2) is 42.7 Å². The number of unbranched alkanes of at least 4 members (excludes halogenated alkanes) is 1. The summed E-state index contributed by atoms with van der Waals surface area (Å²) in [7, 11) is 1.61. The molecular formula is C22H29N3O3. The Morgan fingerprint density at radius 3 is 2.50 bits per heavy atom. The summed E-state index contributed by atoms with van der Waals surface area (Å²) in [6, 6.07) is 9.52. The monoisotopic (exact) mass is 383 g/mol. The highest BCUT2D eigenvalue weighted by atomic mass is 16.5. The predicted octanol–water partition coefficient (Wildman–Crippen LogP) is 3.23. The lowest BCUT2D eigenvalue weighted by Crippen LogP contribution is -2.48. The van der Waals surface area contributed by atoms with Crippen molar-refractivity contribution in [1.29, 1.82) is 0 Å². The van der Waals surface area contributed by atoms with Crippen LogP contribution in [-0.2, 0) is 6.54 Å². The van der Waals surface area contributed by atoms with Gasteiger partial charge in [0.05, 0.1) is 13.7 Å². The van der Waals surface area contributed by atoms with Crippen LogP contribution in [0, 0.1) is 0 Å². The smallest absolute Gasteiger partial charge is 0.254 e. The molecule has 1 aliphatic heterocycles. The van der Waals surface area contributed by atoms with Crippen molar-refractivity contribution < 1.29 is 14.3 Å². The Hall–Kier alpha value is -2.60. The molecule has 1 saturated heterocycles. The fourth-order valence-corrected chi connectivity index (χ4v) is 3.28. The highest BCUT2D eigenvalue weighted by Crippen LogP contribution is 2.29. The molecule has 0 spiro atoms. The second-order valence-electron chi connectivity index (χ2n) is 6.99. The number of carbonyl (C=O) groups excluding carboxylic acids is 1. The van der Waals surface area contributed by atoms with Gasteiger partial charge < -0.3 is 14.4 Å². The van der Waals surface area contributed by atoms with E-state index in [2.05, 4.69) is 16.8 Å². The third kappa shape index (κ3) is 5.23. The summed E-state index contributed by atoms with van der Waals surface area (Å²) >= 11 is 0. The average molecular weight is 383 g/mol. The van der Waals surface area contributed by atoms with Crippen LogP contribution < -0.4 is 9.47 Å². The molecule has 2 heterocycles. The van der Waals surface area contributed by atoms with Gasteiger partial charge >= 0.3 is 0 Å².